The van der Waals surface area contributed by atoms with Gasteiger partial charge in [0, 0.05) is 19.3 Å². The van der Waals surface area contributed by atoms with Crippen LogP contribution in [0.25, 0.3) is 0 Å². The predicted molar refractivity (Wildman–Crippen MR) is 73.0 cm³/mol. The minimum atomic E-state index is 0.215. The highest BCUT2D eigenvalue weighted by Crippen LogP contribution is 2.36. The van der Waals surface area contributed by atoms with E-state index in [2.05, 4.69) is 12.1 Å². The van der Waals surface area contributed by atoms with E-state index in [1.165, 1.54) is 5.56 Å². The van der Waals surface area contributed by atoms with Gasteiger partial charge in [0.05, 0.1) is 6.61 Å². The monoisotopic (exact) mass is 249 g/mol. The van der Waals surface area contributed by atoms with Crippen molar-refractivity contribution in [3.05, 3.63) is 29.8 Å². The van der Waals surface area contributed by atoms with Crippen LogP contribution in [0.2, 0.25) is 0 Å². The molecule has 0 bridgehead atoms. The molecule has 2 atom stereocenters. The Bertz CT molecular complexity index is 367. The lowest BCUT2D eigenvalue weighted by atomic mass is 9.87. The molecule has 2 N–H and O–H groups in total. The van der Waals surface area contributed by atoms with Gasteiger partial charge in [-0.1, -0.05) is 18.2 Å². The molecule has 0 radical (unpaired) electrons. The Morgan fingerprint density at radius 3 is 3.11 bits per heavy atom. The zero-order valence-electron chi connectivity index (χ0n) is 11.1. The number of rotatable bonds is 6. The Morgan fingerprint density at radius 1 is 1.44 bits per heavy atom. The lowest BCUT2D eigenvalue weighted by molar-refractivity contribution is 0.137. The smallest absolute Gasteiger partial charge is 0.122 e. The van der Waals surface area contributed by atoms with E-state index >= 15 is 0 Å². The molecule has 0 spiro atoms. The van der Waals surface area contributed by atoms with Crippen LogP contribution in [0.15, 0.2) is 24.3 Å². The number of hydrogen-bond donors (Lipinski definition) is 1. The van der Waals surface area contributed by atoms with Crippen molar-refractivity contribution in [1.29, 1.82) is 0 Å². The fourth-order valence-corrected chi connectivity index (χ4v) is 2.52. The molecule has 3 heteroatoms. The molecule has 100 valence electrons. The summed E-state index contributed by atoms with van der Waals surface area (Å²) in [5.41, 5.74) is 7.50. The van der Waals surface area contributed by atoms with Gasteiger partial charge in [-0.25, -0.2) is 0 Å². The van der Waals surface area contributed by atoms with E-state index in [1.54, 1.807) is 0 Å². The zero-order chi connectivity index (χ0) is 12.8. The number of fused-ring (bicyclic) bond motifs is 1. The van der Waals surface area contributed by atoms with E-state index in [0.717, 1.165) is 44.8 Å². The summed E-state index contributed by atoms with van der Waals surface area (Å²) in [6.45, 7) is 4.36. The molecule has 1 heterocycles. The van der Waals surface area contributed by atoms with Crippen molar-refractivity contribution in [3.63, 3.8) is 0 Å². The van der Waals surface area contributed by atoms with Gasteiger partial charge in [0.15, 0.2) is 0 Å². The minimum absolute atomic E-state index is 0.215. The van der Waals surface area contributed by atoms with Crippen LogP contribution in [-0.2, 0) is 4.74 Å². The van der Waals surface area contributed by atoms with E-state index in [-0.39, 0.29) is 6.04 Å². The second kappa shape index (κ2) is 6.76. The highest BCUT2D eigenvalue weighted by molar-refractivity contribution is 5.37. The summed E-state index contributed by atoms with van der Waals surface area (Å²) in [6, 6.07) is 8.53. The molecule has 1 aromatic carbocycles. The van der Waals surface area contributed by atoms with E-state index in [0.29, 0.717) is 5.92 Å². The summed E-state index contributed by atoms with van der Waals surface area (Å²) >= 11 is 0. The minimum Gasteiger partial charge on any atom is -0.493 e. The normalized spacial score (nSPS) is 20.0. The first-order chi connectivity index (χ1) is 8.81. The van der Waals surface area contributed by atoms with Crippen LogP contribution in [0.1, 0.15) is 37.7 Å². The Labute approximate surface area is 109 Å². The van der Waals surface area contributed by atoms with Crippen LogP contribution in [0, 0.1) is 0 Å². The molecule has 1 aliphatic heterocycles. The number of benzene rings is 1. The van der Waals surface area contributed by atoms with Gasteiger partial charge in [-0.15, -0.1) is 0 Å². The Balaban J connectivity index is 1.90. The van der Waals surface area contributed by atoms with Crippen LogP contribution >= 0.6 is 0 Å². The first kappa shape index (κ1) is 13.4. The molecule has 0 aliphatic carbocycles. The number of nitrogens with two attached hydrogens (primary N) is 1. The molecule has 1 aromatic rings. The summed E-state index contributed by atoms with van der Waals surface area (Å²) in [7, 11) is 0. The van der Waals surface area contributed by atoms with Gasteiger partial charge in [-0.05, 0) is 43.7 Å². The van der Waals surface area contributed by atoms with Gasteiger partial charge in [0.25, 0.3) is 0 Å². The molecule has 18 heavy (non-hydrogen) atoms. The maximum atomic E-state index is 6.18. The molecule has 3 nitrogen and oxygen atoms in total. The number of para-hydroxylation sites is 1. The maximum Gasteiger partial charge on any atom is 0.122 e. The highest BCUT2D eigenvalue weighted by Gasteiger charge is 2.22. The van der Waals surface area contributed by atoms with Crippen molar-refractivity contribution >= 4 is 0 Å². The Hall–Kier alpha value is -1.06. The van der Waals surface area contributed by atoms with Crippen LogP contribution in [-0.4, -0.2) is 25.9 Å². The maximum absolute atomic E-state index is 6.18. The molecule has 1 aliphatic rings. The van der Waals surface area contributed by atoms with Crippen molar-refractivity contribution in [2.45, 2.75) is 38.1 Å². The molecule has 0 saturated carbocycles. The molecular weight excluding hydrogens is 226 g/mol. The first-order valence-electron chi connectivity index (χ1n) is 6.86. The quantitative estimate of drug-likeness (QED) is 0.788. The SMILES string of the molecule is CCOCCC(N)CC1CCOc2ccccc21. The van der Waals surface area contributed by atoms with Gasteiger partial charge < -0.3 is 15.2 Å². The molecule has 0 amide bonds. The topological polar surface area (TPSA) is 44.5 Å². The average Bonchev–Trinajstić information content (AvgIpc) is 2.39. The van der Waals surface area contributed by atoms with Gasteiger partial charge >= 0.3 is 0 Å². The number of hydrogen-bond acceptors (Lipinski definition) is 3. The van der Waals surface area contributed by atoms with Crippen molar-refractivity contribution < 1.29 is 9.47 Å². The van der Waals surface area contributed by atoms with Gasteiger partial charge in [0.2, 0.25) is 0 Å². The van der Waals surface area contributed by atoms with Crippen LogP contribution < -0.4 is 10.5 Å². The zero-order valence-corrected chi connectivity index (χ0v) is 11.1. The Morgan fingerprint density at radius 2 is 2.28 bits per heavy atom. The third-order valence-electron chi connectivity index (χ3n) is 3.51. The fourth-order valence-electron chi connectivity index (χ4n) is 2.52. The standard InChI is InChI=1S/C15H23NO2/c1-2-17-9-8-13(16)11-12-7-10-18-15-6-4-3-5-14(12)15/h3-6,12-13H,2,7-11,16H2,1H3. The van der Waals surface area contributed by atoms with Crippen molar-refractivity contribution in [1.82, 2.24) is 0 Å². The van der Waals surface area contributed by atoms with Crippen molar-refractivity contribution in [2.75, 3.05) is 19.8 Å². The highest BCUT2D eigenvalue weighted by atomic mass is 16.5. The first-order valence-corrected chi connectivity index (χ1v) is 6.86. The molecule has 2 unspecified atom stereocenters. The van der Waals surface area contributed by atoms with E-state index in [4.69, 9.17) is 15.2 Å². The van der Waals surface area contributed by atoms with Crippen molar-refractivity contribution in [3.8, 4) is 5.75 Å². The Kier molecular flexibility index (Phi) is 5.02. The molecular formula is C15H23NO2. The second-order valence-corrected chi connectivity index (χ2v) is 4.85. The van der Waals surface area contributed by atoms with Crippen LogP contribution in [0.3, 0.4) is 0 Å². The summed E-state index contributed by atoms with van der Waals surface area (Å²) in [5, 5.41) is 0. The number of ether oxygens (including phenoxy) is 2. The van der Waals surface area contributed by atoms with E-state index in [9.17, 15) is 0 Å². The largest absolute Gasteiger partial charge is 0.493 e. The van der Waals surface area contributed by atoms with Crippen LogP contribution in [0.5, 0.6) is 5.75 Å². The van der Waals surface area contributed by atoms with Gasteiger partial charge in [0.1, 0.15) is 5.75 Å². The lowest BCUT2D eigenvalue weighted by Gasteiger charge is -2.27. The summed E-state index contributed by atoms with van der Waals surface area (Å²) < 4.78 is 11.0. The third-order valence-corrected chi connectivity index (χ3v) is 3.51. The van der Waals surface area contributed by atoms with Crippen LogP contribution in [0.4, 0.5) is 0 Å². The van der Waals surface area contributed by atoms with E-state index in [1.807, 2.05) is 19.1 Å². The molecule has 0 saturated heterocycles. The summed E-state index contributed by atoms with van der Waals surface area (Å²) in [4.78, 5) is 0. The summed E-state index contributed by atoms with van der Waals surface area (Å²) in [5.74, 6) is 1.57. The molecule has 0 aromatic heterocycles. The second-order valence-electron chi connectivity index (χ2n) is 4.85. The fraction of sp³-hybridized carbons (Fsp3) is 0.600. The summed E-state index contributed by atoms with van der Waals surface area (Å²) in [6.07, 6.45) is 3.03. The predicted octanol–water partition coefficient (Wildman–Crippen LogP) is 2.70. The molecule has 2 rings (SSSR count). The van der Waals surface area contributed by atoms with E-state index < -0.39 is 0 Å². The van der Waals surface area contributed by atoms with Gasteiger partial charge in [-0.3, -0.25) is 0 Å². The van der Waals surface area contributed by atoms with Gasteiger partial charge in [-0.2, -0.15) is 0 Å². The third kappa shape index (κ3) is 3.47. The average molecular weight is 249 g/mol. The molecule has 0 fully saturated rings. The lowest BCUT2D eigenvalue weighted by Crippen LogP contribution is -2.27. The van der Waals surface area contributed by atoms with Crippen molar-refractivity contribution in [2.24, 2.45) is 5.73 Å².